The standard InChI is InChI=1S/C9H16N2OS/c1-7(12-3)4-9-11-6-8(13-9)5-10-2/h6-7,10H,4-5H2,1-3H3. The summed E-state index contributed by atoms with van der Waals surface area (Å²) in [6.07, 6.45) is 3.10. The van der Waals surface area contributed by atoms with Gasteiger partial charge in [-0.25, -0.2) is 4.98 Å². The van der Waals surface area contributed by atoms with Crippen LogP contribution in [0.2, 0.25) is 0 Å². The van der Waals surface area contributed by atoms with Crippen molar-refractivity contribution in [2.45, 2.75) is 26.0 Å². The minimum atomic E-state index is 0.258. The minimum absolute atomic E-state index is 0.258. The van der Waals surface area contributed by atoms with Crippen molar-refractivity contribution in [3.05, 3.63) is 16.1 Å². The molecule has 1 aromatic heterocycles. The van der Waals surface area contributed by atoms with E-state index in [-0.39, 0.29) is 6.10 Å². The van der Waals surface area contributed by atoms with E-state index in [0.717, 1.165) is 18.0 Å². The molecular weight excluding hydrogens is 184 g/mol. The molecule has 1 aromatic rings. The molecule has 0 saturated carbocycles. The molecule has 74 valence electrons. The molecule has 0 aliphatic carbocycles. The third kappa shape index (κ3) is 3.42. The van der Waals surface area contributed by atoms with Crippen LogP contribution in [0.3, 0.4) is 0 Å². The molecule has 0 saturated heterocycles. The normalized spacial score (nSPS) is 13.2. The molecule has 0 fully saturated rings. The smallest absolute Gasteiger partial charge is 0.0953 e. The molecule has 0 bridgehead atoms. The van der Waals surface area contributed by atoms with Crippen molar-refractivity contribution < 1.29 is 4.74 Å². The predicted molar refractivity (Wildman–Crippen MR) is 55.1 cm³/mol. The number of aromatic nitrogens is 1. The summed E-state index contributed by atoms with van der Waals surface area (Å²) in [7, 11) is 3.67. The Kier molecular flexibility index (Phi) is 4.35. The number of hydrogen-bond acceptors (Lipinski definition) is 4. The summed E-state index contributed by atoms with van der Waals surface area (Å²) >= 11 is 1.75. The Hall–Kier alpha value is -0.450. The van der Waals surface area contributed by atoms with Crippen LogP contribution in [0.15, 0.2) is 6.20 Å². The maximum absolute atomic E-state index is 5.17. The average Bonchev–Trinajstić information content (AvgIpc) is 2.53. The van der Waals surface area contributed by atoms with Gasteiger partial charge in [-0.1, -0.05) is 0 Å². The number of thiazole rings is 1. The Labute approximate surface area is 83.1 Å². The number of nitrogens with zero attached hydrogens (tertiary/aromatic N) is 1. The van der Waals surface area contributed by atoms with Crippen molar-refractivity contribution in [2.75, 3.05) is 14.2 Å². The third-order valence-electron chi connectivity index (χ3n) is 1.82. The van der Waals surface area contributed by atoms with E-state index in [1.165, 1.54) is 4.88 Å². The van der Waals surface area contributed by atoms with Gasteiger partial charge in [0.2, 0.25) is 0 Å². The van der Waals surface area contributed by atoms with Gasteiger partial charge in [-0.05, 0) is 14.0 Å². The Morgan fingerprint density at radius 3 is 3.08 bits per heavy atom. The number of hydrogen-bond donors (Lipinski definition) is 1. The lowest BCUT2D eigenvalue weighted by molar-refractivity contribution is 0.119. The molecule has 1 rings (SSSR count). The van der Waals surface area contributed by atoms with E-state index in [2.05, 4.69) is 17.2 Å². The van der Waals surface area contributed by atoms with E-state index in [0.29, 0.717) is 0 Å². The van der Waals surface area contributed by atoms with Gasteiger partial charge < -0.3 is 10.1 Å². The molecule has 3 nitrogen and oxygen atoms in total. The summed E-state index contributed by atoms with van der Waals surface area (Å²) in [5.41, 5.74) is 0. The molecule has 1 heterocycles. The zero-order chi connectivity index (χ0) is 9.68. The second-order valence-electron chi connectivity index (χ2n) is 3.00. The fourth-order valence-electron chi connectivity index (χ4n) is 1.03. The zero-order valence-corrected chi connectivity index (χ0v) is 9.15. The summed E-state index contributed by atoms with van der Waals surface area (Å²) in [4.78, 5) is 5.60. The monoisotopic (exact) mass is 200 g/mol. The highest BCUT2D eigenvalue weighted by molar-refractivity contribution is 7.11. The fraction of sp³-hybridized carbons (Fsp3) is 0.667. The first-order chi connectivity index (χ1) is 6.26. The van der Waals surface area contributed by atoms with E-state index in [1.54, 1.807) is 18.4 Å². The minimum Gasteiger partial charge on any atom is -0.381 e. The zero-order valence-electron chi connectivity index (χ0n) is 8.33. The van der Waals surface area contributed by atoms with Crippen molar-refractivity contribution in [1.29, 1.82) is 0 Å². The highest BCUT2D eigenvalue weighted by Crippen LogP contribution is 2.14. The summed E-state index contributed by atoms with van der Waals surface area (Å²) in [6, 6.07) is 0. The van der Waals surface area contributed by atoms with Crippen molar-refractivity contribution in [3.8, 4) is 0 Å². The topological polar surface area (TPSA) is 34.2 Å². The fourth-order valence-corrected chi connectivity index (χ4v) is 2.08. The van der Waals surface area contributed by atoms with Gasteiger partial charge in [0.15, 0.2) is 0 Å². The molecule has 0 aromatic carbocycles. The van der Waals surface area contributed by atoms with E-state index in [4.69, 9.17) is 4.74 Å². The Morgan fingerprint density at radius 2 is 2.46 bits per heavy atom. The van der Waals surface area contributed by atoms with Crippen molar-refractivity contribution in [1.82, 2.24) is 10.3 Å². The van der Waals surface area contributed by atoms with Crippen LogP contribution in [-0.2, 0) is 17.7 Å². The molecular formula is C9H16N2OS. The van der Waals surface area contributed by atoms with Crippen LogP contribution >= 0.6 is 11.3 Å². The van der Waals surface area contributed by atoms with Crippen LogP contribution in [0.4, 0.5) is 0 Å². The van der Waals surface area contributed by atoms with Crippen molar-refractivity contribution in [3.63, 3.8) is 0 Å². The molecule has 0 spiro atoms. The number of ether oxygens (including phenoxy) is 1. The quantitative estimate of drug-likeness (QED) is 0.781. The summed E-state index contributed by atoms with van der Waals surface area (Å²) < 4.78 is 5.17. The molecule has 13 heavy (non-hydrogen) atoms. The van der Waals surface area contributed by atoms with Gasteiger partial charge in [-0.15, -0.1) is 11.3 Å². The van der Waals surface area contributed by atoms with Crippen molar-refractivity contribution >= 4 is 11.3 Å². The predicted octanol–water partition coefficient (Wildman–Crippen LogP) is 1.44. The van der Waals surface area contributed by atoms with Crippen LogP contribution in [0.1, 0.15) is 16.8 Å². The van der Waals surface area contributed by atoms with Gasteiger partial charge in [0, 0.05) is 31.1 Å². The number of rotatable bonds is 5. The molecule has 1 unspecified atom stereocenters. The summed E-state index contributed by atoms with van der Waals surface area (Å²) in [5, 5.41) is 4.26. The first-order valence-corrected chi connectivity index (χ1v) is 5.19. The van der Waals surface area contributed by atoms with Crippen LogP contribution in [0.5, 0.6) is 0 Å². The van der Waals surface area contributed by atoms with Gasteiger partial charge in [-0.2, -0.15) is 0 Å². The SMILES string of the molecule is CNCc1cnc(CC(C)OC)s1. The Morgan fingerprint density at radius 1 is 1.69 bits per heavy atom. The van der Waals surface area contributed by atoms with Gasteiger partial charge in [0.05, 0.1) is 11.1 Å². The molecule has 0 aliphatic heterocycles. The molecule has 1 N–H and O–H groups in total. The highest BCUT2D eigenvalue weighted by atomic mass is 32.1. The van der Waals surface area contributed by atoms with Crippen LogP contribution in [0, 0.1) is 0 Å². The average molecular weight is 200 g/mol. The molecule has 1 atom stereocenters. The van der Waals surface area contributed by atoms with Gasteiger partial charge in [-0.3, -0.25) is 0 Å². The van der Waals surface area contributed by atoms with Gasteiger partial charge in [0.25, 0.3) is 0 Å². The molecule has 0 amide bonds. The lowest BCUT2D eigenvalue weighted by Crippen LogP contribution is -2.07. The Balaban J connectivity index is 2.48. The second-order valence-corrected chi connectivity index (χ2v) is 4.20. The summed E-state index contributed by atoms with van der Waals surface area (Å²) in [6.45, 7) is 2.96. The largest absolute Gasteiger partial charge is 0.381 e. The first-order valence-electron chi connectivity index (χ1n) is 4.37. The number of methoxy groups -OCH3 is 1. The van der Waals surface area contributed by atoms with Crippen LogP contribution in [0.25, 0.3) is 0 Å². The first kappa shape index (κ1) is 10.6. The van der Waals surface area contributed by atoms with Gasteiger partial charge >= 0.3 is 0 Å². The van der Waals surface area contributed by atoms with E-state index < -0.39 is 0 Å². The number of nitrogens with one attached hydrogen (secondary N) is 1. The van der Waals surface area contributed by atoms with Gasteiger partial charge in [0.1, 0.15) is 0 Å². The van der Waals surface area contributed by atoms with Crippen LogP contribution in [-0.4, -0.2) is 25.2 Å². The Bertz CT molecular complexity index is 250. The van der Waals surface area contributed by atoms with E-state index in [1.807, 2.05) is 13.2 Å². The maximum atomic E-state index is 5.17. The van der Waals surface area contributed by atoms with E-state index in [9.17, 15) is 0 Å². The van der Waals surface area contributed by atoms with E-state index >= 15 is 0 Å². The van der Waals surface area contributed by atoms with Crippen LogP contribution < -0.4 is 5.32 Å². The maximum Gasteiger partial charge on any atom is 0.0953 e. The highest BCUT2D eigenvalue weighted by Gasteiger charge is 2.05. The second kappa shape index (κ2) is 5.32. The van der Waals surface area contributed by atoms with Crippen molar-refractivity contribution in [2.24, 2.45) is 0 Å². The lowest BCUT2D eigenvalue weighted by atomic mass is 10.3. The molecule has 0 radical (unpaired) electrons. The summed E-state index contributed by atoms with van der Waals surface area (Å²) in [5.74, 6) is 0. The molecule has 0 aliphatic rings. The lowest BCUT2D eigenvalue weighted by Gasteiger charge is -2.05. The third-order valence-corrected chi connectivity index (χ3v) is 2.84. The molecule has 4 heteroatoms.